The van der Waals surface area contributed by atoms with E-state index in [1.54, 1.807) is 37.6 Å². The summed E-state index contributed by atoms with van der Waals surface area (Å²) in [4.78, 5) is 20.1. The Kier molecular flexibility index (Phi) is 3.08. The summed E-state index contributed by atoms with van der Waals surface area (Å²) in [6.45, 7) is 0. The molecule has 0 saturated heterocycles. The van der Waals surface area contributed by atoms with Gasteiger partial charge in [0.05, 0.1) is 18.2 Å². The average molecular weight is 286 g/mol. The molecule has 20 heavy (non-hydrogen) atoms. The molecule has 0 radical (unpaired) electrons. The number of fused-ring (bicyclic) bond motifs is 1. The summed E-state index contributed by atoms with van der Waals surface area (Å²) in [6, 6.07) is 6.70. The second-order valence-electron chi connectivity index (χ2n) is 4.08. The number of rotatable bonds is 3. The van der Waals surface area contributed by atoms with Crippen molar-refractivity contribution in [1.82, 2.24) is 9.97 Å². The molecule has 5 nitrogen and oxygen atoms in total. The molecule has 2 aromatic heterocycles. The number of carboxylic acid groups (broad SMARTS) is 1. The highest BCUT2D eigenvalue weighted by Gasteiger charge is 2.14. The highest BCUT2D eigenvalue weighted by molar-refractivity contribution is 7.13. The van der Waals surface area contributed by atoms with E-state index in [2.05, 4.69) is 9.97 Å². The molecule has 0 amide bonds. The van der Waals surface area contributed by atoms with Gasteiger partial charge in [-0.05, 0) is 18.2 Å². The molecule has 1 N–H and O–H groups in total. The Bertz CT molecular complexity index is 784. The monoisotopic (exact) mass is 286 g/mol. The van der Waals surface area contributed by atoms with Crippen LogP contribution < -0.4 is 4.74 Å². The topological polar surface area (TPSA) is 72.3 Å². The first-order valence-corrected chi connectivity index (χ1v) is 6.69. The lowest BCUT2D eigenvalue weighted by atomic mass is 10.1. The minimum Gasteiger partial charge on any atom is -0.497 e. The molecule has 0 fully saturated rings. The summed E-state index contributed by atoms with van der Waals surface area (Å²) in [5.41, 5.74) is 1.34. The number of methoxy groups -OCH3 is 1. The number of ether oxygens (including phenoxy) is 1. The lowest BCUT2D eigenvalue weighted by Crippen LogP contribution is -2.00. The van der Waals surface area contributed by atoms with Gasteiger partial charge in [0.25, 0.3) is 0 Å². The molecule has 0 spiro atoms. The van der Waals surface area contributed by atoms with E-state index < -0.39 is 5.97 Å². The zero-order valence-corrected chi connectivity index (χ0v) is 11.3. The van der Waals surface area contributed by atoms with E-state index in [-0.39, 0.29) is 5.56 Å². The normalized spacial score (nSPS) is 10.7. The van der Waals surface area contributed by atoms with Crippen molar-refractivity contribution in [2.45, 2.75) is 0 Å². The Balaban J connectivity index is 2.31. The number of hydrogen-bond donors (Lipinski definition) is 1. The summed E-state index contributed by atoms with van der Waals surface area (Å²) in [5, 5.41) is 12.5. The van der Waals surface area contributed by atoms with Crippen molar-refractivity contribution in [2.24, 2.45) is 0 Å². The molecule has 0 unspecified atom stereocenters. The van der Waals surface area contributed by atoms with Gasteiger partial charge in [-0.15, -0.1) is 11.3 Å². The van der Waals surface area contributed by atoms with Crippen LogP contribution in [-0.2, 0) is 0 Å². The van der Waals surface area contributed by atoms with Crippen molar-refractivity contribution in [1.29, 1.82) is 0 Å². The highest BCUT2D eigenvalue weighted by Crippen LogP contribution is 2.28. The van der Waals surface area contributed by atoms with Crippen LogP contribution in [-0.4, -0.2) is 28.2 Å². The minimum absolute atomic E-state index is 0.211. The lowest BCUT2D eigenvalue weighted by molar-refractivity contribution is 0.0699. The zero-order chi connectivity index (χ0) is 14.1. The van der Waals surface area contributed by atoms with Crippen molar-refractivity contribution >= 4 is 28.2 Å². The molecular weight excluding hydrogens is 276 g/mol. The van der Waals surface area contributed by atoms with Gasteiger partial charge in [-0.2, -0.15) is 0 Å². The number of nitrogens with zero attached hydrogens (tertiary/aromatic N) is 2. The fourth-order valence-corrected chi connectivity index (χ4v) is 2.57. The Morgan fingerprint density at radius 1 is 1.35 bits per heavy atom. The Labute approximate surface area is 118 Å². The van der Waals surface area contributed by atoms with E-state index in [4.69, 9.17) is 4.74 Å². The summed E-state index contributed by atoms with van der Waals surface area (Å²) in [6.07, 6.45) is 1.66. The van der Waals surface area contributed by atoms with Crippen LogP contribution in [0.5, 0.6) is 5.75 Å². The first-order chi connectivity index (χ1) is 9.69. The van der Waals surface area contributed by atoms with Gasteiger partial charge in [-0.3, -0.25) is 0 Å². The van der Waals surface area contributed by atoms with Gasteiger partial charge >= 0.3 is 5.97 Å². The van der Waals surface area contributed by atoms with Crippen molar-refractivity contribution in [3.63, 3.8) is 0 Å². The molecule has 0 bridgehead atoms. The van der Waals surface area contributed by atoms with Gasteiger partial charge in [0, 0.05) is 23.0 Å². The summed E-state index contributed by atoms with van der Waals surface area (Å²) in [7, 11) is 1.56. The first-order valence-electron chi connectivity index (χ1n) is 5.81. The molecule has 1 aromatic carbocycles. The number of hydrogen-bond acceptors (Lipinski definition) is 5. The molecular formula is C14H10N2O3S. The second-order valence-corrected chi connectivity index (χ2v) is 4.98. The molecule has 3 aromatic rings. The van der Waals surface area contributed by atoms with Crippen LogP contribution in [0.1, 0.15) is 10.4 Å². The maximum absolute atomic E-state index is 11.4. The quantitative estimate of drug-likeness (QED) is 0.801. The van der Waals surface area contributed by atoms with Crippen molar-refractivity contribution < 1.29 is 14.6 Å². The van der Waals surface area contributed by atoms with Crippen LogP contribution in [0.2, 0.25) is 0 Å². The predicted octanol–water partition coefficient (Wildman–Crippen LogP) is 3.07. The second kappa shape index (κ2) is 4.90. The van der Waals surface area contributed by atoms with Crippen LogP contribution in [0.15, 0.2) is 35.8 Å². The van der Waals surface area contributed by atoms with Crippen molar-refractivity contribution in [3.05, 3.63) is 41.4 Å². The molecule has 6 heteroatoms. The van der Waals surface area contributed by atoms with Gasteiger partial charge in [0.1, 0.15) is 16.5 Å². The zero-order valence-electron chi connectivity index (χ0n) is 10.5. The number of aromatic nitrogens is 2. The summed E-state index contributed by atoms with van der Waals surface area (Å²) >= 11 is 1.42. The number of thiazole rings is 1. The Hall–Kier alpha value is -2.47. The number of carboxylic acids is 1. The lowest BCUT2D eigenvalue weighted by Gasteiger charge is -2.07. The van der Waals surface area contributed by atoms with E-state index in [0.29, 0.717) is 27.4 Å². The number of carbonyl (C=O) groups is 1. The van der Waals surface area contributed by atoms with Crippen LogP contribution in [0, 0.1) is 0 Å². The SMILES string of the molecule is COc1ccc2c(C(=O)O)cc(-c3nccs3)nc2c1. The van der Waals surface area contributed by atoms with E-state index in [0.717, 1.165) is 0 Å². The minimum atomic E-state index is -0.986. The smallest absolute Gasteiger partial charge is 0.336 e. The third-order valence-corrected chi connectivity index (χ3v) is 3.69. The van der Waals surface area contributed by atoms with Crippen molar-refractivity contribution in [3.8, 4) is 16.5 Å². The number of pyridine rings is 1. The van der Waals surface area contributed by atoms with Gasteiger partial charge in [0.2, 0.25) is 0 Å². The molecule has 100 valence electrons. The highest BCUT2D eigenvalue weighted by atomic mass is 32.1. The Morgan fingerprint density at radius 2 is 2.20 bits per heavy atom. The van der Waals surface area contributed by atoms with Gasteiger partial charge in [-0.25, -0.2) is 14.8 Å². The third kappa shape index (κ3) is 2.10. The van der Waals surface area contributed by atoms with Gasteiger partial charge in [0.15, 0.2) is 0 Å². The molecule has 0 aliphatic carbocycles. The summed E-state index contributed by atoms with van der Waals surface area (Å²) < 4.78 is 5.15. The van der Waals surface area contributed by atoms with Crippen LogP contribution in [0.4, 0.5) is 0 Å². The molecule has 0 aliphatic rings. The molecule has 0 atom stereocenters. The predicted molar refractivity (Wildman–Crippen MR) is 76.4 cm³/mol. The average Bonchev–Trinajstić information content (AvgIpc) is 2.99. The maximum atomic E-state index is 11.4. The van der Waals surface area contributed by atoms with Gasteiger partial charge < -0.3 is 9.84 Å². The van der Waals surface area contributed by atoms with Crippen LogP contribution in [0.3, 0.4) is 0 Å². The van der Waals surface area contributed by atoms with Gasteiger partial charge in [-0.1, -0.05) is 0 Å². The van der Waals surface area contributed by atoms with Crippen LogP contribution in [0.25, 0.3) is 21.6 Å². The molecule has 0 saturated carbocycles. The Morgan fingerprint density at radius 3 is 2.85 bits per heavy atom. The van der Waals surface area contributed by atoms with Crippen LogP contribution >= 0.6 is 11.3 Å². The molecule has 2 heterocycles. The van der Waals surface area contributed by atoms with Crippen molar-refractivity contribution in [2.75, 3.05) is 7.11 Å². The fourth-order valence-electron chi connectivity index (χ4n) is 1.97. The van der Waals surface area contributed by atoms with E-state index in [9.17, 15) is 9.90 Å². The fraction of sp³-hybridized carbons (Fsp3) is 0.0714. The largest absolute Gasteiger partial charge is 0.497 e. The number of benzene rings is 1. The first kappa shape index (κ1) is 12.6. The summed E-state index contributed by atoms with van der Waals surface area (Å²) in [5.74, 6) is -0.349. The van der Waals surface area contributed by atoms with E-state index in [1.807, 2.05) is 5.38 Å². The van der Waals surface area contributed by atoms with E-state index in [1.165, 1.54) is 11.3 Å². The third-order valence-electron chi connectivity index (χ3n) is 2.90. The number of aromatic carboxylic acids is 1. The maximum Gasteiger partial charge on any atom is 0.336 e. The molecule has 0 aliphatic heterocycles. The standard InChI is InChI=1S/C14H10N2O3S/c1-19-8-2-3-9-10(14(17)18)7-12(16-11(9)6-8)13-15-4-5-20-13/h2-7H,1H3,(H,17,18). The van der Waals surface area contributed by atoms with E-state index >= 15 is 0 Å². The molecule has 3 rings (SSSR count).